The van der Waals surface area contributed by atoms with Crippen LogP contribution < -0.4 is 59.3 Å². The summed E-state index contributed by atoms with van der Waals surface area (Å²) in [5.74, 6) is -14.0. The van der Waals surface area contributed by atoms with Crippen LogP contribution in [0.2, 0.25) is 0 Å². The number of hydrogen-bond acceptors (Lipinski definition) is 18. The van der Waals surface area contributed by atoms with Gasteiger partial charge in [0.2, 0.25) is 59.1 Å². The number of nitrogens with two attached hydrogens (primary N) is 2. The molecule has 0 aliphatic carbocycles. The van der Waals surface area contributed by atoms with Crippen LogP contribution in [-0.4, -0.2) is 209 Å². The summed E-state index contributed by atoms with van der Waals surface area (Å²) in [6.45, 7) is 8.79. The Labute approximate surface area is 527 Å². The number of aliphatic hydroxyl groups is 2. The number of aryl methyl sites for hydroxylation is 1. The second-order valence-electron chi connectivity index (χ2n) is 23.6. The molecule has 1 saturated heterocycles. The van der Waals surface area contributed by atoms with Crippen molar-refractivity contribution in [2.24, 2.45) is 30.4 Å². The lowest BCUT2D eigenvalue weighted by Crippen LogP contribution is -2.62. The van der Waals surface area contributed by atoms with Gasteiger partial charge in [0.15, 0.2) is 0 Å². The topological polar surface area (TPSA) is 504 Å². The Hall–Kier alpha value is -8.62. The Bertz CT molecular complexity index is 2820. The van der Waals surface area contributed by atoms with Gasteiger partial charge in [-0.05, 0) is 95.6 Å². The average Bonchev–Trinajstić information content (AvgIpc) is 2.48. The maximum Gasteiger partial charge on any atom is 0.326 e. The molecule has 1 aromatic heterocycles. The van der Waals surface area contributed by atoms with Crippen LogP contribution in [0.4, 0.5) is 0 Å². The first kappa shape index (κ1) is 76.6. The minimum Gasteiger partial charge on any atom is -0.481 e. The molecule has 12 atom stereocenters. The lowest BCUT2D eigenvalue weighted by atomic mass is 10.0. The summed E-state index contributed by atoms with van der Waals surface area (Å²) in [6.07, 6.45) is -1.83. The van der Waals surface area contributed by atoms with E-state index in [2.05, 4.69) is 52.8 Å². The summed E-state index contributed by atoms with van der Waals surface area (Å²) in [5, 5.41) is 72.3. The number of amides is 10. The zero-order valence-corrected chi connectivity index (χ0v) is 52.5. The van der Waals surface area contributed by atoms with Gasteiger partial charge < -0.3 is 94.3 Å². The molecule has 3 rings (SSSR count). The van der Waals surface area contributed by atoms with Gasteiger partial charge in [-0.3, -0.25) is 57.5 Å². The predicted octanol–water partition coefficient (Wildman–Crippen LogP) is -3.68. The van der Waals surface area contributed by atoms with Crippen LogP contribution in [0.1, 0.15) is 123 Å². The molecule has 1 aliphatic heterocycles. The summed E-state index contributed by atoms with van der Waals surface area (Å²) in [4.78, 5) is 179. The van der Waals surface area contributed by atoms with Crippen LogP contribution in [0.3, 0.4) is 0 Å². The minimum absolute atomic E-state index is 0.00398. The van der Waals surface area contributed by atoms with Crippen molar-refractivity contribution in [3.63, 3.8) is 0 Å². The number of unbranched alkanes of at least 4 members (excludes halogenated alkanes) is 1. The van der Waals surface area contributed by atoms with E-state index in [0.717, 1.165) is 11.8 Å². The Morgan fingerprint density at radius 2 is 1.12 bits per heavy atom. The number of carbonyl (C=O) groups is 13. The lowest BCUT2D eigenvalue weighted by Gasteiger charge is -2.30. The van der Waals surface area contributed by atoms with Crippen LogP contribution in [-0.2, 0) is 82.2 Å². The molecule has 32 heteroatoms. The molecule has 0 unspecified atom stereocenters. The Balaban J connectivity index is 1.83. The summed E-state index contributed by atoms with van der Waals surface area (Å²) in [7, 11) is 1.65. The summed E-state index contributed by atoms with van der Waals surface area (Å²) in [6, 6.07) is -6.19. The quantitative estimate of drug-likeness (QED) is 0.0286. The normalized spacial score (nSPS) is 16.6. The smallest absolute Gasteiger partial charge is 0.326 e. The number of carbonyl (C=O) groups excluding carboxylic acids is 10. The van der Waals surface area contributed by atoms with Crippen molar-refractivity contribution in [1.82, 2.24) is 62.3 Å². The van der Waals surface area contributed by atoms with E-state index < -0.39 is 182 Å². The van der Waals surface area contributed by atoms with Crippen LogP contribution >= 0.6 is 0 Å². The molecule has 506 valence electrons. The van der Waals surface area contributed by atoms with Gasteiger partial charge in [-0.2, -0.15) is 0 Å². The van der Waals surface area contributed by atoms with Crippen LogP contribution in [0.15, 0.2) is 42.9 Å². The highest BCUT2D eigenvalue weighted by Gasteiger charge is 2.41. The molecule has 0 saturated carbocycles. The lowest BCUT2D eigenvalue weighted by molar-refractivity contribution is -0.143. The van der Waals surface area contributed by atoms with E-state index in [9.17, 15) is 87.9 Å². The van der Waals surface area contributed by atoms with Gasteiger partial charge in [0.05, 0.1) is 36.8 Å². The van der Waals surface area contributed by atoms with Gasteiger partial charge in [0.1, 0.15) is 54.4 Å². The molecule has 2 aromatic rings. The third kappa shape index (κ3) is 26.8. The number of carboxylic acids is 3. The molecular weight excluding hydrogens is 1190 g/mol. The van der Waals surface area contributed by atoms with Gasteiger partial charge in [-0.1, -0.05) is 58.0 Å². The summed E-state index contributed by atoms with van der Waals surface area (Å²) >= 11 is 0. The largest absolute Gasteiger partial charge is 0.481 e. The van der Waals surface area contributed by atoms with E-state index in [-0.39, 0.29) is 63.5 Å². The van der Waals surface area contributed by atoms with Crippen molar-refractivity contribution >= 4 is 77.0 Å². The molecule has 10 amide bonds. The molecule has 1 aromatic carbocycles. The van der Waals surface area contributed by atoms with Gasteiger partial charge in [0, 0.05) is 45.5 Å². The highest BCUT2D eigenvalue weighted by atomic mass is 16.4. The summed E-state index contributed by atoms with van der Waals surface area (Å²) < 4.78 is 1.57. The zero-order valence-electron chi connectivity index (χ0n) is 52.5. The van der Waals surface area contributed by atoms with Crippen LogP contribution in [0.25, 0.3) is 0 Å². The maximum absolute atomic E-state index is 14.6. The Kier molecular flexibility index (Phi) is 32.1. The Morgan fingerprint density at radius 1 is 0.593 bits per heavy atom. The number of rotatable bonds is 40. The maximum atomic E-state index is 14.6. The third-order valence-corrected chi connectivity index (χ3v) is 14.6. The third-order valence-electron chi connectivity index (χ3n) is 14.6. The van der Waals surface area contributed by atoms with Crippen molar-refractivity contribution in [1.29, 1.82) is 0 Å². The number of aliphatic hydroxyl groups excluding tert-OH is 2. The van der Waals surface area contributed by atoms with E-state index >= 15 is 0 Å². The van der Waals surface area contributed by atoms with Crippen LogP contribution in [0.5, 0.6) is 0 Å². The molecule has 0 bridgehead atoms. The zero-order chi connectivity index (χ0) is 68.2. The fourth-order valence-corrected chi connectivity index (χ4v) is 9.88. The molecule has 91 heavy (non-hydrogen) atoms. The van der Waals surface area contributed by atoms with Crippen molar-refractivity contribution in [2.45, 2.75) is 198 Å². The summed E-state index contributed by atoms with van der Waals surface area (Å²) in [5.41, 5.74) is 12.6. The molecule has 32 nitrogen and oxygen atoms in total. The van der Waals surface area contributed by atoms with E-state index in [4.69, 9.17) is 11.5 Å². The number of carboxylic acid groups (broad SMARTS) is 3. The average molecular weight is 1290 g/mol. The highest BCUT2D eigenvalue weighted by molar-refractivity contribution is 5.99. The predicted molar refractivity (Wildman–Crippen MR) is 325 cm³/mol. The molecule has 0 radical (unpaired) electrons. The van der Waals surface area contributed by atoms with E-state index in [1.165, 1.54) is 13.3 Å². The first-order chi connectivity index (χ1) is 42.8. The van der Waals surface area contributed by atoms with Crippen molar-refractivity contribution < 1.29 is 87.9 Å². The van der Waals surface area contributed by atoms with Crippen molar-refractivity contribution in [2.75, 3.05) is 19.6 Å². The standard InChI is InChI=1S/C59H92N14O18/c1-31(2)24-37(61)50(81)68-42(26-35-14-9-8-10-15-35)54(85)70-48(33(5)74)56(87)62-28-45(76)64-43(27-36-29-72(7)30-63-36)58(89)73-23-13-17-44(73)55(86)66-39(19-21-47(79)80)52(83)71-49(34(6)75)57(88)69-41(25-32(3)4)53(84)65-38(18-20-46(77)78)51(82)67-40(59(90)91)16-11-12-22-60/h8-10,14-15,29-34,37-44,48-49,74-75H,11-13,16-28,60-61H2,1-7H3,(H,62,87)(H,64,76)(H,65,84)(H,66,86)(H,67,82)(H,68,81)(H,69,88)(H,70,85)(H,71,83)(H,77,78)(H,79,80)(H,90,91)/t33-,34-,37+,38+,39+,40+,41+,42+,43+,44+,48+,49+/m1/s1. The molecule has 1 aliphatic rings. The van der Waals surface area contributed by atoms with E-state index in [0.29, 0.717) is 30.5 Å². The number of hydrogen-bond donors (Lipinski definition) is 16. The van der Waals surface area contributed by atoms with Gasteiger partial charge in [-0.15, -0.1) is 0 Å². The molecule has 18 N–H and O–H groups in total. The SMILES string of the molecule is CC(C)C[C@H](NC(=O)[C@@H](NC(=O)[C@H](CCC(=O)O)NC(=O)[C@@H]1CCCN1C(=O)[C@H](Cc1cn(C)cn1)NC(=O)CNC(=O)[C@@H](NC(=O)[C@H](Cc1ccccc1)NC(=O)[C@@H](N)CC(C)C)[C@@H](C)O)[C@@H](C)O)C(=O)N[C@@H](CCC(=O)O)C(=O)N[C@@H](CCCCN)C(=O)O. The second-order valence-corrected chi connectivity index (χ2v) is 23.6. The van der Waals surface area contributed by atoms with Gasteiger partial charge >= 0.3 is 17.9 Å². The van der Waals surface area contributed by atoms with E-state index in [1.54, 1.807) is 62.0 Å². The van der Waals surface area contributed by atoms with Crippen molar-refractivity contribution in [3.8, 4) is 0 Å². The minimum atomic E-state index is -1.90. The number of imidazole rings is 1. The highest BCUT2D eigenvalue weighted by Crippen LogP contribution is 2.21. The number of nitrogens with one attached hydrogen (secondary N) is 9. The van der Waals surface area contributed by atoms with Gasteiger partial charge in [0.25, 0.3) is 0 Å². The number of likely N-dealkylation sites (tertiary alicyclic amines) is 1. The number of aromatic nitrogens is 2. The second kappa shape index (κ2) is 38.2. The van der Waals surface area contributed by atoms with Crippen molar-refractivity contribution in [3.05, 3.63) is 54.1 Å². The van der Waals surface area contributed by atoms with E-state index in [1.807, 2.05) is 13.8 Å². The number of nitrogens with zero attached hydrogens (tertiary/aromatic N) is 3. The van der Waals surface area contributed by atoms with Crippen LogP contribution in [0, 0.1) is 11.8 Å². The molecule has 2 heterocycles. The monoisotopic (exact) mass is 1280 g/mol. The molecular formula is C59H92N14O18. The van der Waals surface area contributed by atoms with Gasteiger partial charge in [-0.25, -0.2) is 9.78 Å². The molecule has 0 spiro atoms. The first-order valence-corrected chi connectivity index (χ1v) is 30.3. The number of aliphatic carboxylic acids is 3. The molecule has 1 fully saturated rings. The number of benzene rings is 1. The fraction of sp³-hybridized carbons (Fsp3) is 0.627. The first-order valence-electron chi connectivity index (χ1n) is 30.3. The Morgan fingerprint density at radius 3 is 1.66 bits per heavy atom. The fourth-order valence-electron chi connectivity index (χ4n) is 9.88.